The lowest BCUT2D eigenvalue weighted by Crippen LogP contribution is -2.30. The SMILES string of the molecule is CCNC(=O)CCN(C)CCC(=O)OCC. The van der Waals surface area contributed by atoms with Crippen molar-refractivity contribution in [2.75, 3.05) is 33.3 Å². The highest BCUT2D eigenvalue weighted by molar-refractivity contribution is 5.76. The van der Waals surface area contributed by atoms with Gasteiger partial charge in [0.25, 0.3) is 0 Å². The first-order valence-corrected chi connectivity index (χ1v) is 5.71. The van der Waals surface area contributed by atoms with Crippen LogP contribution in [0.25, 0.3) is 0 Å². The van der Waals surface area contributed by atoms with Crippen LogP contribution in [-0.2, 0) is 14.3 Å². The highest BCUT2D eigenvalue weighted by atomic mass is 16.5. The first kappa shape index (κ1) is 14.9. The summed E-state index contributed by atoms with van der Waals surface area (Å²) in [4.78, 5) is 24.2. The van der Waals surface area contributed by atoms with Crippen molar-refractivity contribution in [2.45, 2.75) is 26.7 Å². The Hall–Kier alpha value is -1.10. The first-order chi connectivity index (χ1) is 7.60. The van der Waals surface area contributed by atoms with Crippen LogP contribution in [-0.4, -0.2) is 50.1 Å². The molecule has 0 fully saturated rings. The summed E-state index contributed by atoms with van der Waals surface area (Å²) in [6.07, 6.45) is 0.840. The Balaban J connectivity index is 3.54. The summed E-state index contributed by atoms with van der Waals surface area (Å²) >= 11 is 0. The van der Waals surface area contributed by atoms with Crippen LogP contribution < -0.4 is 5.32 Å². The molecular formula is C11H22N2O3. The van der Waals surface area contributed by atoms with Crippen LogP contribution in [0.2, 0.25) is 0 Å². The molecular weight excluding hydrogens is 208 g/mol. The van der Waals surface area contributed by atoms with Crippen molar-refractivity contribution >= 4 is 11.9 Å². The molecule has 16 heavy (non-hydrogen) atoms. The van der Waals surface area contributed by atoms with Gasteiger partial charge in [0.15, 0.2) is 0 Å². The molecule has 0 bridgehead atoms. The number of ether oxygens (including phenoxy) is 1. The zero-order valence-corrected chi connectivity index (χ0v) is 10.4. The molecule has 94 valence electrons. The fourth-order valence-corrected chi connectivity index (χ4v) is 1.21. The van der Waals surface area contributed by atoms with Gasteiger partial charge in [-0.2, -0.15) is 0 Å². The summed E-state index contributed by atoms with van der Waals surface area (Å²) in [5.74, 6) is -0.141. The number of carbonyl (C=O) groups excluding carboxylic acids is 2. The van der Waals surface area contributed by atoms with Crippen molar-refractivity contribution in [3.8, 4) is 0 Å². The molecule has 0 aromatic carbocycles. The smallest absolute Gasteiger partial charge is 0.307 e. The zero-order valence-electron chi connectivity index (χ0n) is 10.4. The van der Waals surface area contributed by atoms with Gasteiger partial charge in [-0.05, 0) is 20.9 Å². The molecule has 0 rings (SSSR count). The average molecular weight is 230 g/mol. The second kappa shape index (κ2) is 9.15. The number of carbonyl (C=O) groups is 2. The normalized spacial score (nSPS) is 10.2. The second-order valence-corrected chi connectivity index (χ2v) is 3.56. The fourth-order valence-electron chi connectivity index (χ4n) is 1.21. The Labute approximate surface area is 97.1 Å². The molecule has 0 aliphatic heterocycles. The van der Waals surface area contributed by atoms with Gasteiger partial charge in [0.05, 0.1) is 13.0 Å². The van der Waals surface area contributed by atoms with Gasteiger partial charge < -0.3 is 15.0 Å². The molecule has 0 aromatic heterocycles. The third-order valence-electron chi connectivity index (χ3n) is 2.10. The summed E-state index contributed by atoms with van der Waals surface area (Å²) < 4.78 is 4.81. The van der Waals surface area contributed by atoms with Gasteiger partial charge in [-0.1, -0.05) is 0 Å². The molecule has 1 N–H and O–H groups in total. The lowest BCUT2D eigenvalue weighted by molar-refractivity contribution is -0.143. The maximum absolute atomic E-state index is 11.2. The molecule has 1 amide bonds. The number of nitrogens with zero attached hydrogens (tertiary/aromatic N) is 1. The minimum absolute atomic E-state index is 0.0467. The van der Waals surface area contributed by atoms with E-state index in [1.807, 2.05) is 18.9 Å². The van der Waals surface area contributed by atoms with Crippen molar-refractivity contribution < 1.29 is 14.3 Å². The Morgan fingerprint density at radius 2 is 1.81 bits per heavy atom. The van der Waals surface area contributed by atoms with Crippen LogP contribution >= 0.6 is 0 Å². The van der Waals surface area contributed by atoms with Gasteiger partial charge in [0.1, 0.15) is 0 Å². The largest absolute Gasteiger partial charge is 0.466 e. The van der Waals surface area contributed by atoms with Crippen molar-refractivity contribution in [1.82, 2.24) is 10.2 Å². The van der Waals surface area contributed by atoms with Crippen LogP contribution in [0.1, 0.15) is 26.7 Å². The number of nitrogens with one attached hydrogen (secondary N) is 1. The van der Waals surface area contributed by atoms with E-state index in [-0.39, 0.29) is 11.9 Å². The summed E-state index contributed by atoms with van der Waals surface area (Å²) in [6, 6.07) is 0. The third kappa shape index (κ3) is 8.23. The van der Waals surface area contributed by atoms with Crippen LogP contribution in [0.15, 0.2) is 0 Å². The standard InChI is InChI=1S/C11H22N2O3/c1-4-12-10(14)6-8-13(3)9-7-11(15)16-5-2/h4-9H2,1-3H3,(H,12,14). The van der Waals surface area contributed by atoms with Gasteiger partial charge in [-0.25, -0.2) is 0 Å². The first-order valence-electron chi connectivity index (χ1n) is 5.71. The molecule has 0 radical (unpaired) electrons. The fraction of sp³-hybridized carbons (Fsp3) is 0.818. The molecule has 0 spiro atoms. The van der Waals surface area contributed by atoms with Gasteiger partial charge in [-0.3, -0.25) is 9.59 Å². The molecule has 0 aliphatic rings. The zero-order chi connectivity index (χ0) is 12.4. The molecule has 0 saturated heterocycles. The Kier molecular flexibility index (Phi) is 8.52. The number of amides is 1. The minimum Gasteiger partial charge on any atom is -0.466 e. The van der Waals surface area contributed by atoms with E-state index in [2.05, 4.69) is 5.32 Å². The molecule has 0 unspecified atom stereocenters. The third-order valence-corrected chi connectivity index (χ3v) is 2.10. The summed E-state index contributed by atoms with van der Waals surface area (Å²) in [5.41, 5.74) is 0. The van der Waals surface area contributed by atoms with E-state index in [9.17, 15) is 9.59 Å². The van der Waals surface area contributed by atoms with E-state index < -0.39 is 0 Å². The van der Waals surface area contributed by atoms with E-state index in [0.29, 0.717) is 39.1 Å². The van der Waals surface area contributed by atoms with E-state index >= 15 is 0 Å². The van der Waals surface area contributed by atoms with Crippen LogP contribution in [0.3, 0.4) is 0 Å². The Morgan fingerprint density at radius 1 is 1.19 bits per heavy atom. The lowest BCUT2D eigenvalue weighted by atomic mass is 10.3. The van der Waals surface area contributed by atoms with Crippen LogP contribution in [0, 0.1) is 0 Å². The van der Waals surface area contributed by atoms with Gasteiger partial charge in [0, 0.05) is 26.1 Å². The van der Waals surface area contributed by atoms with Crippen molar-refractivity contribution in [3.05, 3.63) is 0 Å². The summed E-state index contributed by atoms with van der Waals surface area (Å²) in [5, 5.41) is 2.73. The lowest BCUT2D eigenvalue weighted by Gasteiger charge is -2.15. The molecule has 0 heterocycles. The van der Waals surface area contributed by atoms with Gasteiger partial charge >= 0.3 is 5.97 Å². The molecule has 0 atom stereocenters. The van der Waals surface area contributed by atoms with Crippen molar-refractivity contribution in [2.24, 2.45) is 0 Å². The van der Waals surface area contributed by atoms with Crippen molar-refractivity contribution in [1.29, 1.82) is 0 Å². The van der Waals surface area contributed by atoms with Crippen molar-refractivity contribution in [3.63, 3.8) is 0 Å². The number of esters is 1. The molecule has 0 aromatic rings. The number of rotatable bonds is 8. The second-order valence-electron chi connectivity index (χ2n) is 3.56. The quantitative estimate of drug-likeness (QED) is 0.613. The van der Waals surface area contributed by atoms with Crippen LogP contribution in [0.4, 0.5) is 0 Å². The molecule has 5 nitrogen and oxygen atoms in total. The van der Waals surface area contributed by atoms with E-state index in [0.717, 1.165) is 0 Å². The molecule has 0 saturated carbocycles. The highest BCUT2D eigenvalue weighted by Crippen LogP contribution is 1.93. The monoisotopic (exact) mass is 230 g/mol. The molecule has 5 heteroatoms. The minimum atomic E-state index is -0.188. The Morgan fingerprint density at radius 3 is 2.38 bits per heavy atom. The van der Waals surface area contributed by atoms with E-state index in [4.69, 9.17) is 4.74 Å². The average Bonchev–Trinajstić information content (AvgIpc) is 2.24. The predicted molar refractivity (Wildman–Crippen MR) is 62.0 cm³/mol. The highest BCUT2D eigenvalue weighted by Gasteiger charge is 2.06. The molecule has 0 aliphatic carbocycles. The van der Waals surface area contributed by atoms with Gasteiger partial charge in [-0.15, -0.1) is 0 Å². The summed E-state index contributed by atoms with van der Waals surface area (Å²) in [7, 11) is 1.89. The van der Waals surface area contributed by atoms with E-state index in [1.165, 1.54) is 0 Å². The van der Waals surface area contributed by atoms with Crippen LogP contribution in [0.5, 0.6) is 0 Å². The Bertz CT molecular complexity index is 197. The van der Waals surface area contributed by atoms with Gasteiger partial charge in [0.2, 0.25) is 5.91 Å². The predicted octanol–water partition coefficient (Wildman–Crippen LogP) is 0.398. The number of hydrogen-bond donors (Lipinski definition) is 1. The maximum Gasteiger partial charge on any atom is 0.307 e. The topological polar surface area (TPSA) is 58.6 Å². The maximum atomic E-state index is 11.2. The van der Waals surface area contributed by atoms with E-state index in [1.54, 1.807) is 6.92 Å². The number of hydrogen-bond acceptors (Lipinski definition) is 4. The summed E-state index contributed by atoms with van der Waals surface area (Å²) in [6.45, 7) is 6.04.